The Labute approximate surface area is 216 Å². The number of hydrogen-bond donors (Lipinski definition) is 2. The first-order valence-corrected chi connectivity index (χ1v) is 12.4. The number of alkyl halides is 1. The van der Waals surface area contributed by atoms with Gasteiger partial charge in [0.1, 0.15) is 11.8 Å². The van der Waals surface area contributed by atoms with Gasteiger partial charge in [-0.1, -0.05) is 50.6 Å². The number of para-hydroxylation sites is 1. The van der Waals surface area contributed by atoms with Crippen LogP contribution in [0.2, 0.25) is 5.02 Å². The number of amides is 3. The molecule has 2 aromatic rings. The summed E-state index contributed by atoms with van der Waals surface area (Å²) in [6.45, 7) is 5.49. The second kappa shape index (κ2) is 11.7. The Bertz CT molecular complexity index is 1130. The van der Waals surface area contributed by atoms with Gasteiger partial charge in [0.05, 0.1) is 29.3 Å². The molecule has 0 aliphatic carbocycles. The van der Waals surface area contributed by atoms with E-state index in [1.54, 1.807) is 23.1 Å². The van der Waals surface area contributed by atoms with Crippen LogP contribution in [0.1, 0.15) is 49.5 Å². The van der Waals surface area contributed by atoms with Gasteiger partial charge in [0.2, 0.25) is 11.8 Å². The van der Waals surface area contributed by atoms with Gasteiger partial charge in [-0.2, -0.15) is 0 Å². The average Bonchev–Trinajstić information content (AvgIpc) is 2.98. The number of nitrogens with two attached hydrogens (primary N) is 1. The smallest absolute Gasteiger partial charge is 0.259 e. The summed E-state index contributed by atoms with van der Waals surface area (Å²) in [5, 5.41) is 3.04. The summed E-state index contributed by atoms with van der Waals surface area (Å²) in [5.74, 6) is -0.863. The van der Waals surface area contributed by atoms with Gasteiger partial charge in [0.15, 0.2) is 0 Å². The molecule has 0 saturated heterocycles. The van der Waals surface area contributed by atoms with Crippen molar-refractivity contribution in [2.75, 3.05) is 24.7 Å². The molecular weight excluding hydrogens is 485 g/mol. The van der Waals surface area contributed by atoms with Crippen LogP contribution in [0, 0.1) is 11.3 Å². The van der Waals surface area contributed by atoms with Crippen molar-refractivity contribution in [2.45, 2.75) is 46.1 Å². The van der Waals surface area contributed by atoms with Crippen LogP contribution in [0.25, 0.3) is 0 Å². The van der Waals surface area contributed by atoms with Crippen LogP contribution in [-0.2, 0) is 16.0 Å². The molecule has 1 unspecified atom stereocenters. The Morgan fingerprint density at radius 2 is 1.94 bits per heavy atom. The van der Waals surface area contributed by atoms with E-state index < -0.39 is 24.0 Å². The van der Waals surface area contributed by atoms with Crippen LogP contribution >= 0.6 is 11.6 Å². The minimum absolute atomic E-state index is 0.155. The maximum Gasteiger partial charge on any atom is 0.259 e. The summed E-state index contributed by atoms with van der Waals surface area (Å²) in [6, 6.07) is 11.4. The summed E-state index contributed by atoms with van der Waals surface area (Å²) in [5.41, 5.74) is 6.47. The van der Waals surface area contributed by atoms with E-state index in [0.29, 0.717) is 29.8 Å². The fourth-order valence-corrected chi connectivity index (χ4v) is 4.60. The summed E-state index contributed by atoms with van der Waals surface area (Å²) in [6.07, 6.45) is 1.02. The topological polar surface area (TPSA) is 102 Å². The molecule has 1 aliphatic heterocycles. The molecule has 9 heteroatoms. The second-order valence-electron chi connectivity index (χ2n) is 9.70. The van der Waals surface area contributed by atoms with E-state index in [9.17, 15) is 18.8 Å². The SMILES string of the molecule is CC(C)[C@H](NC(=O)C1(C)CCN(C(=O)c2ccc(OCCCF)cc2Cl)c2ccccc2C1)C(N)=O. The van der Waals surface area contributed by atoms with Crippen LogP contribution in [0.4, 0.5) is 10.1 Å². The lowest BCUT2D eigenvalue weighted by Gasteiger charge is -2.30. The van der Waals surface area contributed by atoms with Crippen molar-refractivity contribution >= 4 is 35.0 Å². The summed E-state index contributed by atoms with van der Waals surface area (Å²) in [4.78, 5) is 40.5. The van der Waals surface area contributed by atoms with Gasteiger partial charge in [-0.25, -0.2) is 0 Å². The maximum absolute atomic E-state index is 13.6. The molecule has 3 amide bonds. The molecular formula is C27H33ClFN3O4. The predicted octanol–water partition coefficient (Wildman–Crippen LogP) is 4.30. The molecule has 0 spiro atoms. The van der Waals surface area contributed by atoms with E-state index in [1.165, 1.54) is 0 Å². The fraction of sp³-hybridized carbons (Fsp3) is 0.444. The van der Waals surface area contributed by atoms with Crippen LogP contribution in [0.5, 0.6) is 5.75 Å². The second-order valence-corrected chi connectivity index (χ2v) is 10.1. The number of nitrogens with one attached hydrogen (secondary N) is 1. The number of carbonyl (C=O) groups excluding carboxylic acids is 3. The van der Waals surface area contributed by atoms with E-state index >= 15 is 0 Å². The van der Waals surface area contributed by atoms with Gasteiger partial charge in [0.25, 0.3) is 5.91 Å². The van der Waals surface area contributed by atoms with E-state index in [0.717, 1.165) is 5.56 Å². The van der Waals surface area contributed by atoms with Gasteiger partial charge in [0, 0.05) is 18.7 Å². The molecule has 3 N–H and O–H groups in total. The number of rotatable bonds is 9. The minimum atomic E-state index is -0.869. The first kappa shape index (κ1) is 27.5. The van der Waals surface area contributed by atoms with Crippen molar-refractivity contribution in [1.82, 2.24) is 5.32 Å². The third kappa shape index (κ3) is 6.16. The number of benzene rings is 2. The van der Waals surface area contributed by atoms with Crippen molar-refractivity contribution in [3.8, 4) is 5.75 Å². The lowest BCUT2D eigenvalue weighted by molar-refractivity contribution is -0.134. The highest BCUT2D eigenvalue weighted by molar-refractivity contribution is 6.34. The fourth-order valence-electron chi connectivity index (χ4n) is 4.35. The molecule has 0 bridgehead atoms. The van der Waals surface area contributed by atoms with Crippen LogP contribution in [0.15, 0.2) is 42.5 Å². The molecule has 1 aliphatic rings. The van der Waals surface area contributed by atoms with Crippen LogP contribution < -0.4 is 20.7 Å². The van der Waals surface area contributed by atoms with Gasteiger partial charge in [-0.05, 0) is 48.6 Å². The number of carbonyl (C=O) groups is 3. The molecule has 0 radical (unpaired) electrons. The summed E-state index contributed by atoms with van der Waals surface area (Å²) >= 11 is 6.44. The number of halogens is 2. The first-order chi connectivity index (χ1) is 17.1. The zero-order chi connectivity index (χ0) is 26.5. The molecule has 0 aromatic heterocycles. The highest BCUT2D eigenvalue weighted by Gasteiger charge is 2.40. The van der Waals surface area contributed by atoms with E-state index in [-0.39, 0.29) is 42.3 Å². The van der Waals surface area contributed by atoms with Gasteiger partial charge < -0.3 is 20.7 Å². The number of ether oxygens (including phenoxy) is 1. The normalized spacial score (nSPS) is 18.2. The largest absolute Gasteiger partial charge is 0.493 e. The third-order valence-corrected chi connectivity index (χ3v) is 6.83. The number of fused-ring (bicyclic) bond motifs is 1. The standard InChI is InChI=1S/C27H33ClFN3O4/c1-17(2)23(24(30)33)31-26(35)27(3)11-13-32(22-8-5-4-7-18(22)16-27)25(34)20-10-9-19(15-21(20)28)36-14-6-12-29/h4-5,7-10,15,17,23H,6,11-14,16H2,1-3H3,(H2,30,33)(H,31,35)/t23-,27?/m0/s1. The quantitative estimate of drug-likeness (QED) is 0.484. The Morgan fingerprint density at radius 1 is 1.22 bits per heavy atom. The lowest BCUT2D eigenvalue weighted by Crippen LogP contribution is -2.52. The number of nitrogens with zero attached hydrogens (tertiary/aromatic N) is 1. The lowest BCUT2D eigenvalue weighted by atomic mass is 9.80. The summed E-state index contributed by atoms with van der Waals surface area (Å²) in [7, 11) is 0. The molecule has 0 saturated carbocycles. The maximum atomic E-state index is 13.6. The number of anilines is 1. The zero-order valence-electron chi connectivity index (χ0n) is 20.9. The molecule has 2 atom stereocenters. The van der Waals surface area contributed by atoms with Gasteiger partial charge in [-0.3, -0.25) is 18.8 Å². The monoisotopic (exact) mass is 517 g/mol. The molecule has 1 heterocycles. The van der Waals surface area contributed by atoms with Crippen molar-refractivity contribution < 1.29 is 23.5 Å². The van der Waals surface area contributed by atoms with Crippen molar-refractivity contribution in [2.24, 2.45) is 17.1 Å². The first-order valence-electron chi connectivity index (χ1n) is 12.1. The Morgan fingerprint density at radius 3 is 2.58 bits per heavy atom. The number of hydrogen-bond acceptors (Lipinski definition) is 4. The van der Waals surface area contributed by atoms with E-state index in [2.05, 4.69) is 5.32 Å². The van der Waals surface area contributed by atoms with Crippen molar-refractivity contribution in [3.05, 3.63) is 58.6 Å². The van der Waals surface area contributed by atoms with Crippen molar-refractivity contribution in [3.63, 3.8) is 0 Å². The zero-order valence-corrected chi connectivity index (χ0v) is 21.6. The molecule has 3 rings (SSSR count). The Hall–Kier alpha value is -3.13. The molecule has 36 heavy (non-hydrogen) atoms. The molecule has 194 valence electrons. The molecule has 7 nitrogen and oxygen atoms in total. The Balaban J connectivity index is 1.87. The minimum Gasteiger partial charge on any atom is -0.493 e. The van der Waals surface area contributed by atoms with E-state index in [1.807, 2.05) is 45.0 Å². The molecule has 0 fully saturated rings. The highest BCUT2D eigenvalue weighted by Crippen LogP contribution is 2.38. The Kier molecular flexibility index (Phi) is 8.95. The summed E-state index contributed by atoms with van der Waals surface area (Å²) < 4.78 is 17.8. The predicted molar refractivity (Wildman–Crippen MR) is 138 cm³/mol. The van der Waals surface area contributed by atoms with Crippen LogP contribution in [-0.4, -0.2) is 43.6 Å². The van der Waals surface area contributed by atoms with E-state index in [4.69, 9.17) is 22.1 Å². The van der Waals surface area contributed by atoms with Crippen LogP contribution in [0.3, 0.4) is 0 Å². The highest BCUT2D eigenvalue weighted by atomic mass is 35.5. The van der Waals surface area contributed by atoms with Gasteiger partial charge >= 0.3 is 0 Å². The van der Waals surface area contributed by atoms with Crippen molar-refractivity contribution in [1.29, 1.82) is 0 Å². The van der Waals surface area contributed by atoms with Gasteiger partial charge in [-0.15, -0.1) is 0 Å². The number of primary amides is 1. The average molecular weight is 518 g/mol. The third-order valence-electron chi connectivity index (χ3n) is 6.52. The molecule has 2 aromatic carbocycles.